The Labute approximate surface area is 114 Å². The fraction of sp³-hybridized carbons (Fsp3) is 0.625. The topological polar surface area (TPSA) is 27.7 Å². The van der Waals surface area contributed by atoms with Crippen LogP contribution in [0.25, 0.3) is 0 Å². The minimum absolute atomic E-state index is 0.338. The van der Waals surface area contributed by atoms with Gasteiger partial charge in [-0.3, -0.25) is 0 Å². The van der Waals surface area contributed by atoms with Crippen LogP contribution in [0.5, 0.6) is 0 Å². The third-order valence-corrected chi connectivity index (χ3v) is 4.16. The van der Waals surface area contributed by atoms with Crippen LogP contribution in [0.3, 0.4) is 0 Å². The van der Waals surface area contributed by atoms with Crippen molar-refractivity contribution >= 4 is 0 Å². The molecule has 1 saturated carbocycles. The van der Waals surface area contributed by atoms with E-state index in [0.717, 1.165) is 32.7 Å². The minimum atomic E-state index is -0.338. The molecular formula is C16H22O3. The first-order valence-electron chi connectivity index (χ1n) is 7.29. The van der Waals surface area contributed by atoms with Crippen molar-refractivity contribution in [3.8, 4) is 0 Å². The molecule has 1 heterocycles. The van der Waals surface area contributed by atoms with Crippen LogP contribution >= 0.6 is 0 Å². The molecule has 1 aliphatic heterocycles. The van der Waals surface area contributed by atoms with E-state index in [4.69, 9.17) is 14.2 Å². The first kappa shape index (κ1) is 13.1. The summed E-state index contributed by atoms with van der Waals surface area (Å²) < 4.78 is 17.7. The molecule has 3 heteroatoms. The molecule has 0 amide bonds. The molecule has 0 aromatic heterocycles. The fourth-order valence-corrected chi connectivity index (χ4v) is 3.14. The van der Waals surface area contributed by atoms with Crippen molar-refractivity contribution < 1.29 is 14.2 Å². The van der Waals surface area contributed by atoms with Crippen molar-refractivity contribution in [2.75, 3.05) is 19.8 Å². The van der Waals surface area contributed by atoms with Crippen LogP contribution < -0.4 is 0 Å². The second kappa shape index (κ2) is 6.04. The average molecular weight is 262 g/mol. The Balaban J connectivity index is 1.53. The molecule has 1 atom stereocenters. The van der Waals surface area contributed by atoms with Gasteiger partial charge in [0, 0.05) is 12.3 Å². The lowest BCUT2D eigenvalue weighted by atomic mass is 9.83. The Hall–Kier alpha value is -0.900. The van der Waals surface area contributed by atoms with Gasteiger partial charge in [-0.15, -0.1) is 0 Å². The van der Waals surface area contributed by atoms with Gasteiger partial charge in [0.1, 0.15) is 0 Å². The van der Waals surface area contributed by atoms with E-state index in [1.165, 1.54) is 18.4 Å². The van der Waals surface area contributed by atoms with Gasteiger partial charge in [-0.2, -0.15) is 0 Å². The maximum Gasteiger partial charge on any atom is 0.173 e. The number of benzene rings is 1. The monoisotopic (exact) mass is 262 g/mol. The number of hydrogen-bond donors (Lipinski definition) is 0. The highest BCUT2D eigenvalue weighted by atomic mass is 16.7. The Morgan fingerprint density at radius 3 is 2.68 bits per heavy atom. The van der Waals surface area contributed by atoms with Gasteiger partial charge >= 0.3 is 0 Å². The molecule has 2 aliphatic rings. The van der Waals surface area contributed by atoms with Crippen molar-refractivity contribution in [3.05, 3.63) is 35.9 Å². The summed E-state index contributed by atoms with van der Waals surface area (Å²) in [5, 5.41) is 0. The molecule has 1 aromatic carbocycles. The third kappa shape index (κ3) is 2.99. The van der Waals surface area contributed by atoms with E-state index in [2.05, 4.69) is 12.1 Å². The highest BCUT2D eigenvalue weighted by Gasteiger charge is 2.45. The highest BCUT2D eigenvalue weighted by molar-refractivity contribution is 5.13. The normalized spacial score (nSPS) is 25.8. The summed E-state index contributed by atoms with van der Waals surface area (Å²) >= 11 is 0. The Bertz CT molecular complexity index is 384. The van der Waals surface area contributed by atoms with Gasteiger partial charge in [0.05, 0.1) is 26.4 Å². The fourth-order valence-electron chi connectivity index (χ4n) is 3.14. The van der Waals surface area contributed by atoms with Crippen molar-refractivity contribution in [1.29, 1.82) is 0 Å². The molecule has 19 heavy (non-hydrogen) atoms. The third-order valence-electron chi connectivity index (χ3n) is 4.16. The summed E-state index contributed by atoms with van der Waals surface area (Å²) in [6.45, 7) is 2.87. The lowest BCUT2D eigenvalue weighted by Crippen LogP contribution is -2.44. The van der Waals surface area contributed by atoms with Gasteiger partial charge < -0.3 is 14.2 Å². The maximum atomic E-state index is 5.89. The average Bonchev–Trinajstić information content (AvgIpc) is 2.92. The molecule has 0 N–H and O–H groups in total. The van der Waals surface area contributed by atoms with Crippen LogP contribution in [0, 0.1) is 5.92 Å². The van der Waals surface area contributed by atoms with Crippen molar-refractivity contribution in [3.63, 3.8) is 0 Å². The van der Waals surface area contributed by atoms with E-state index in [0.29, 0.717) is 12.5 Å². The van der Waals surface area contributed by atoms with Crippen molar-refractivity contribution in [2.24, 2.45) is 5.92 Å². The molecule has 2 fully saturated rings. The Morgan fingerprint density at radius 1 is 1.11 bits per heavy atom. The first-order chi connectivity index (χ1) is 9.39. The molecule has 1 unspecified atom stereocenters. The summed E-state index contributed by atoms with van der Waals surface area (Å²) in [4.78, 5) is 0. The van der Waals surface area contributed by atoms with Crippen LogP contribution in [-0.2, 0) is 20.8 Å². The van der Waals surface area contributed by atoms with E-state index >= 15 is 0 Å². The summed E-state index contributed by atoms with van der Waals surface area (Å²) in [5.41, 5.74) is 1.22. The largest absolute Gasteiger partial charge is 0.376 e. The zero-order chi connectivity index (χ0) is 13.0. The lowest BCUT2D eigenvalue weighted by Gasteiger charge is -2.39. The quantitative estimate of drug-likeness (QED) is 0.834. The van der Waals surface area contributed by atoms with Gasteiger partial charge in [-0.05, 0) is 18.4 Å². The highest BCUT2D eigenvalue weighted by Crippen LogP contribution is 2.40. The molecule has 104 valence electrons. The zero-order valence-electron chi connectivity index (χ0n) is 11.3. The maximum absolute atomic E-state index is 5.89. The zero-order valence-corrected chi connectivity index (χ0v) is 11.3. The second-order valence-electron chi connectivity index (χ2n) is 5.45. The summed E-state index contributed by atoms with van der Waals surface area (Å²) in [6, 6.07) is 10.3. The summed E-state index contributed by atoms with van der Waals surface area (Å²) in [7, 11) is 0. The van der Waals surface area contributed by atoms with E-state index < -0.39 is 0 Å². The molecule has 1 saturated heterocycles. The number of hydrogen-bond acceptors (Lipinski definition) is 3. The first-order valence-corrected chi connectivity index (χ1v) is 7.29. The standard InChI is InChI=1S/C16H22O3/c1-2-6-14(7-3-1)12-17-13-15-8-4-5-9-16(15)18-10-11-19-16/h1-3,6-7,15H,4-5,8-13H2. The van der Waals surface area contributed by atoms with Gasteiger partial charge in [0.15, 0.2) is 5.79 Å². The minimum Gasteiger partial charge on any atom is -0.376 e. The Morgan fingerprint density at radius 2 is 1.89 bits per heavy atom. The van der Waals surface area contributed by atoms with Crippen molar-refractivity contribution in [1.82, 2.24) is 0 Å². The van der Waals surface area contributed by atoms with E-state index in [1.807, 2.05) is 18.2 Å². The van der Waals surface area contributed by atoms with Crippen LogP contribution in [0.15, 0.2) is 30.3 Å². The van der Waals surface area contributed by atoms with E-state index in [9.17, 15) is 0 Å². The van der Waals surface area contributed by atoms with Gasteiger partial charge in [0.2, 0.25) is 0 Å². The van der Waals surface area contributed by atoms with E-state index in [-0.39, 0.29) is 5.79 Å². The lowest BCUT2D eigenvalue weighted by molar-refractivity contribution is -0.223. The van der Waals surface area contributed by atoms with Gasteiger partial charge in [-0.1, -0.05) is 36.8 Å². The predicted molar refractivity (Wildman–Crippen MR) is 72.7 cm³/mol. The molecule has 1 aliphatic carbocycles. The number of ether oxygens (including phenoxy) is 3. The smallest absolute Gasteiger partial charge is 0.173 e. The molecular weight excluding hydrogens is 240 g/mol. The molecule has 0 radical (unpaired) electrons. The van der Waals surface area contributed by atoms with Gasteiger partial charge in [-0.25, -0.2) is 0 Å². The number of rotatable bonds is 4. The molecule has 1 aromatic rings. The van der Waals surface area contributed by atoms with Gasteiger partial charge in [0.25, 0.3) is 0 Å². The Kier molecular flexibility index (Phi) is 4.16. The summed E-state index contributed by atoms with van der Waals surface area (Å²) in [5.74, 6) is 0.0436. The van der Waals surface area contributed by atoms with Crippen LogP contribution in [0.1, 0.15) is 31.2 Å². The van der Waals surface area contributed by atoms with Crippen LogP contribution in [-0.4, -0.2) is 25.6 Å². The van der Waals surface area contributed by atoms with Crippen LogP contribution in [0.4, 0.5) is 0 Å². The van der Waals surface area contributed by atoms with Crippen molar-refractivity contribution in [2.45, 2.75) is 38.1 Å². The summed E-state index contributed by atoms with van der Waals surface area (Å²) in [6.07, 6.45) is 4.63. The van der Waals surface area contributed by atoms with Crippen LogP contribution in [0.2, 0.25) is 0 Å². The molecule has 0 bridgehead atoms. The molecule has 3 nitrogen and oxygen atoms in total. The predicted octanol–water partition coefficient (Wildman–Crippen LogP) is 3.14. The van der Waals surface area contributed by atoms with E-state index in [1.54, 1.807) is 0 Å². The SMILES string of the molecule is c1ccc(COCC2CCCCC23OCCO3)cc1. The second-order valence-corrected chi connectivity index (χ2v) is 5.45. The molecule has 3 rings (SSSR count). The molecule has 1 spiro atoms.